The lowest BCUT2D eigenvalue weighted by molar-refractivity contribution is -0.146. The summed E-state index contributed by atoms with van der Waals surface area (Å²) < 4.78 is 10.1. The molecular formula is C18H25NO6. The van der Waals surface area contributed by atoms with Gasteiger partial charge in [0.1, 0.15) is 12.6 Å². The molecule has 1 atom stereocenters. The summed E-state index contributed by atoms with van der Waals surface area (Å²) in [6.45, 7) is 2.35. The largest absolute Gasteiger partial charge is 0.480 e. The number of benzene rings is 1. The summed E-state index contributed by atoms with van der Waals surface area (Å²) in [5.41, 5.74) is 0.802. The second-order valence-corrected chi connectivity index (χ2v) is 5.62. The number of carboxylic acid groups (broad SMARTS) is 1. The number of rotatable bonds is 10. The number of carboxylic acids is 1. The van der Waals surface area contributed by atoms with Crippen LogP contribution < -0.4 is 0 Å². The number of nitrogens with zero attached hydrogens (tertiary/aromatic N) is 1. The number of carbonyl (C=O) groups excluding carboxylic acids is 2. The van der Waals surface area contributed by atoms with Crippen LogP contribution in [0.25, 0.3) is 0 Å². The van der Waals surface area contributed by atoms with Crippen molar-refractivity contribution in [3.63, 3.8) is 0 Å². The van der Waals surface area contributed by atoms with Crippen LogP contribution in [0.15, 0.2) is 30.3 Å². The maximum absolute atomic E-state index is 12.0. The Labute approximate surface area is 147 Å². The van der Waals surface area contributed by atoms with Gasteiger partial charge in [-0.1, -0.05) is 43.7 Å². The van der Waals surface area contributed by atoms with Gasteiger partial charge in [0.05, 0.1) is 6.61 Å². The first-order valence-electron chi connectivity index (χ1n) is 8.27. The summed E-state index contributed by atoms with van der Waals surface area (Å²) in [4.78, 5) is 36.0. The van der Waals surface area contributed by atoms with Crippen molar-refractivity contribution >= 4 is 18.0 Å². The molecule has 0 spiro atoms. The quantitative estimate of drug-likeness (QED) is 0.515. The van der Waals surface area contributed by atoms with Gasteiger partial charge in [0.2, 0.25) is 0 Å². The summed E-state index contributed by atoms with van der Waals surface area (Å²) in [5.74, 6) is -1.66. The Morgan fingerprint density at radius 1 is 1.16 bits per heavy atom. The van der Waals surface area contributed by atoms with Gasteiger partial charge in [-0.15, -0.1) is 0 Å². The van der Waals surface area contributed by atoms with Crippen molar-refractivity contribution in [2.45, 2.75) is 45.3 Å². The van der Waals surface area contributed by atoms with Gasteiger partial charge in [-0.2, -0.15) is 0 Å². The van der Waals surface area contributed by atoms with E-state index in [1.807, 2.05) is 25.1 Å². The first-order valence-corrected chi connectivity index (χ1v) is 8.27. The zero-order chi connectivity index (χ0) is 18.7. The predicted octanol–water partition coefficient (Wildman–Crippen LogP) is 2.83. The number of ether oxygens (including phenoxy) is 2. The van der Waals surface area contributed by atoms with Crippen LogP contribution in [0.3, 0.4) is 0 Å². The van der Waals surface area contributed by atoms with Gasteiger partial charge in [0.15, 0.2) is 0 Å². The second-order valence-electron chi connectivity index (χ2n) is 5.62. The first kappa shape index (κ1) is 20.5. The molecule has 7 nitrogen and oxygen atoms in total. The van der Waals surface area contributed by atoms with E-state index in [9.17, 15) is 19.5 Å². The highest BCUT2D eigenvalue weighted by molar-refractivity contribution is 5.80. The molecule has 0 aliphatic rings. The number of aliphatic carboxylic acids is 1. The number of unbranched alkanes of at least 4 members (excludes halogenated alkanes) is 1. The number of hydrogen-bond donors (Lipinski definition) is 1. The fourth-order valence-electron chi connectivity index (χ4n) is 2.09. The molecule has 0 fully saturated rings. The molecule has 1 aromatic rings. The van der Waals surface area contributed by atoms with E-state index >= 15 is 0 Å². The maximum atomic E-state index is 12.0. The lowest BCUT2D eigenvalue weighted by atomic mass is 10.1. The smallest absolute Gasteiger partial charge is 0.410 e. The molecule has 0 aromatic heterocycles. The van der Waals surface area contributed by atoms with Crippen molar-refractivity contribution in [2.75, 3.05) is 13.7 Å². The topological polar surface area (TPSA) is 93.1 Å². The molecule has 0 aliphatic heterocycles. The highest BCUT2D eigenvalue weighted by Crippen LogP contribution is 2.10. The fraction of sp³-hybridized carbons (Fsp3) is 0.500. The molecule has 0 saturated heterocycles. The van der Waals surface area contributed by atoms with Crippen molar-refractivity contribution in [1.29, 1.82) is 0 Å². The van der Waals surface area contributed by atoms with Crippen molar-refractivity contribution in [1.82, 2.24) is 4.90 Å². The molecule has 0 unspecified atom stereocenters. The molecule has 7 heteroatoms. The van der Waals surface area contributed by atoms with Gasteiger partial charge in [0.25, 0.3) is 0 Å². The van der Waals surface area contributed by atoms with E-state index in [-0.39, 0.29) is 19.4 Å². The monoisotopic (exact) mass is 351 g/mol. The molecule has 1 rings (SSSR count). The zero-order valence-electron chi connectivity index (χ0n) is 14.6. The first-order chi connectivity index (χ1) is 12.0. The predicted molar refractivity (Wildman–Crippen MR) is 90.9 cm³/mol. The summed E-state index contributed by atoms with van der Waals surface area (Å²) in [7, 11) is 1.34. The van der Waals surface area contributed by atoms with Crippen LogP contribution in [-0.2, 0) is 25.7 Å². The molecule has 0 aliphatic carbocycles. The van der Waals surface area contributed by atoms with Crippen LogP contribution in [0.5, 0.6) is 0 Å². The highest BCUT2D eigenvalue weighted by Gasteiger charge is 2.28. The number of carbonyl (C=O) groups is 3. The normalized spacial score (nSPS) is 11.4. The van der Waals surface area contributed by atoms with E-state index < -0.39 is 24.1 Å². The minimum Gasteiger partial charge on any atom is -0.480 e. The molecule has 1 amide bonds. The van der Waals surface area contributed by atoms with Crippen LogP contribution in [0.4, 0.5) is 4.79 Å². The van der Waals surface area contributed by atoms with Crippen LogP contribution >= 0.6 is 0 Å². The fourth-order valence-corrected chi connectivity index (χ4v) is 2.09. The van der Waals surface area contributed by atoms with Gasteiger partial charge in [0, 0.05) is 13.5 Å². The van der Waals surface area contributed by atoms with E-state index in [2.05, 4.69) is 0 Å². The average Bonchev–Trinajstić information content (AvgIpc) is 2.60. The van der Waals surface area contributed by atoms with Gasteiger partial charge in [-0.3, -0.25) is 9.69 Å². The Hall–Kier alpha value is -2.57. The Bertz CT molecular complexity index is 560. The van der Waals surface area contributed by atoms with Crippen LogP contribution in [-0.4, -0.2) is 47.7 Å². The van der Waals surface area contributed by atoms with Gasteiger partial charge >= 0.3 is 18.0 Å². The van der Waals surface area contributed by atoms with Crippen LogP contribution in [0.2, 0.25) is 0 Å². The third-order valence-electron chi connectivity index (χ3n) is 3.63. The Morgan fingerprint density at radius 3 is 2.44 bits per heavy atom. The standard InChI is InChI=1S/C18H25NO6/c1-3-4-12-24-16(20)11-10-15(17(21)22)19(2)18(23)25-13-14-8-6-5-7-9-14/h5-9,15H,3-4,10-13H2,1-2H3,(H,21,22)/t15-/m0/s1. The van der Waals surface area contributed by atoms with Crippen LogP contribution in [0.1, 0.15) is 38.2 Å². The van der Waals surface area contributed by atoms with Crippen molar-refractivity contribution < 1.29 is 29.0 Å². The van der Waals surface area contributed by atoms with Crippen molar-refractivity contribution in [3.8, 4) is 0 Å². The number of hydrogen-bond acceptors (Lipinski definition) is 5. The van der Waals surface area contributed by atoms with Crippen molar-refractivity contribution in [3.05, 3.63) is 35.9 Å². The third kappa shape index (κ3) is 7.69. The summed E-state index contributed by atoms with van der Waals surface area (Å²) in [6, 6.07) is 7.93. The Morgan fingerprint density at radius 2 is 1.84 bits per heavy atom. The van der Waals surface area contributed by atoms with E-state index in [4.69, 9.17) is 9.47 Å². The highest BCUT2D eigenvalue weighted by atomic mass is 16.6. The molecule has 0 radical (unpaired) electrons. The SMILES string of the molecule is CCCCOC(=O)CC[C@@H](C(=O)O)N(C)C(=O)OCc1ccccc1. The lowest BCUT2D eigenvalue weighted by Gasteiger charge is -2.24. The minimum atomic E-state index is -1.19. The van der Waals surface area contributed by atoms with Crippen LogP contribution in [0, 0.1) is 0 Å². The van der Waals surface area contributed by atoms with E-state index in [0.29, 0.717) is 6.61 Å². The van der Waals surface area contributed by atoms with E-state index in [1.165, 1.54) is 7.05 Å². The lowest BCUT2D eigenvalue weighted by Crippen LogP contribution is -2.43. The zero-order valence-corrected chi connectivity index (χ0v) is 14.6. The second kappa shape index (κ2) is 11.1. The molecule has 0 heterocycles. The van der Waals surface area contributed by atoms with Crippen molar-refractivity contribution in [2.24, 2.45) is 0 Å². The van der Waals surface area contributed by atoms with Gasteiger partial charge in [-0.25, -0.2) is 9.59 Å². The maximum Gasteiger partial charge on any atom is 0.410 e. The Kier molecular flexibility index (Phi) is 9.06. The third-order valence-corrected chi connectivity index (χ3v) is 3.63. The van der Waals surface area contributed by atoms with E-state index in [1.54, 1.807) is 12.1 Å². The molecule has 0 bridgehead atoms. The van der Waals surface area contributed by atoms with Gasteiger partial charge < -0.3 is 14.6 Å². The molecular weight excluding hydrogens is 326 g/mol. The molecule has 1 N–H and O–H groups in total. The molecule has 138 valence electrons. The minimum absolute atomic E-state index is 0.0305. The number of esters is 1. The average molecular weight is 351 g/mol. The summed E-state index contributed by atoms with van der Waals surface area (Å²) >= 11 is 0. The van der Waals surface area contributed by atoms with E-state index in [0.717, 1.165) is 23.3 Å². The molecule has 0 saturated carbocycles. The number of likely N-dealkylation sites (N-methyl/N-ethyl adjacent to an activating group) is 1. The molecule has 25 heavy (non-hydrogen) atoms. The summed E-state index contributed by atoms with van der Waals surface area (Å²) in [5, 5.41) is 9.30. The van der Waals surface area contributed by atoms with Gasteiger partial charge in [-0.05, 0) is 18.4 Å². The number of amides is 1. The molecule has 1 aromatic carbocycles. The summed E-state index contributed by atoms with van der Waals surface area (Å²) in [6.07, 6.45) is 0.810. The Balaban J connectivity index is 2.48.